The normalized spacial score (nSPS) is 12.2. The fourth-order valence-corrected chi connectivity index (χ4v) is 2.14. The molecule has 0 saturated carbocycles. The summed E-state index contributed by atoms with van der Waals surface area (Å²) in [6, 6.07) is 15.8. The first-order chi connectivity index (χ1) is 9.83. The van der Waals surface area contributed by atoms with Crippen LogP contribution in [-0.2, 0) is 6.42 Å². The first-order valence-corrected chi connectivity index (χ1v) is 6.58. The second kappa shape index (κ2) is 5.67. The van der Waals surface area contributed by atoms with Gasteiger partial charge in [0, 0.05) is 18.6 Å². The smallest absolute Gasteiger partial charge is 0.0799 e. The number of nitrogens with zero attached hydrogens (tertiary/aromatic N) is 3. The third-order valence-corrected chi connectivity index (χ3v) is 3.22. The number of hydrogen-bond acceptors (Lipinski definition) is 3. The third kappa shape index (κ3) is 2.75. The summed E-state index contributed by atoms with van der Waals surface area (Å²) in [5.74, 6) is 0. The van der Waals surface area contributed by atoms with Gasteiger partial charge >= 0.3 is 0 Å². The van der Waals surface area contributed by atoms with Gasteiger partial charge in [-0.1, -0.05) is 18.2 Å². The van der Waals surface area contributed by atoms with Gasteiger partial charge in [-0.2, -0.15) is 5.10 Å². The molecule has 1 unspecified atom stereocenters. The lowest BCUT2D eigenvalue weighted by Gasteiger charge is -2.08. The number of rotatable bonds is 4. The lowest BCUT2D eigenvalue weighted by Crippen LogP contribution is -2.14. The van der Waals surface area contributed by atoms with E-state index in [0.29, 0.717) is 0 Å². The van der Waals surface area contributed by atoms with Crippen LogP contribution in [0.2, 0.25) is 0 Å². The fraction of sp³-hybridized carbons (Fsp3) is 0.125. The number of nitrogens with two attached hydrogens (primary N) is 1. The molecule has 3 rings (SSSR count). The van der Waals surface area contributed by atoms with Crippen molar-refractivity contribution in [1.82, 2.24) is 14.8 Å². The number of benzene rings is 1. The lowest BCUT2D eigenvalue weighted by atomic mass is 10.1. The van der Waals surface area contributed by atoms with E-state index in [2.05, 4.69) is 10.1 Å². The molecular weight excluding hydrogens is 248 g/mol. The van der Waals surface area contributed by atoms with Crippen LogP contribution in [0.3, 0.4) is 0 Å². The molecule has 0 spiro atoms. The third-order valence-electron chi connectivity index (χ3n) is 3.22. The number of hydrogen-bond donors (Lipinski definition) is 1. The summed E-state index contributed by atoms with van der Waals surface area (Å²) in [5.41, 5.74) is 9.32. The summed E-state index contributed by atoms with van der Waals surface area (Å²) in [4.78, 5) is 4.01. The van der Waals surface area contributed by atoms with E-state index in [-0.39, 0.29) is 6.04 Å². The predicted molar refractivity (Wildman–Crippen MR) is 78.4 cm³/mol. The van der Waals surface area contributed by atoms with Gasteiger partial charge < -0.3 is 5.73 Å². The van der Waals surface area contributed by atoms with Gasteiger partial charge in [0.05, 0.1) is 17.4 Å². The summed E-state index contributed by atoms with van der Waals surface area (Å²) >= 11 is 0. The fourth-order valence-electron chi connectivity index (χ4n) is 2.14. The molecule has 2 N–H and O–H groups in total. The molecule has 20 heavy (non-hydrogen) atoms. The van der Waals surface area contributed by atoms with Crippen molar-refractivity contribution >= 4 is 0 Å². The minimum atomic E-state index is -0.109. The molecule has 2 heterocycles. The minimum Gasteiger partial charge on any atom is -0.322 e. The van der Waals surface area contributed by atoms with Crippen LogP contribution in [0.25, 0.3) is 5.69 Å². The van der Waals surface area contributed by atoms with Gasteiger partial charge in [0.15, 0.2) is 0 Å². The summed E-state index contributed by atoms with van der Waals surface area (Å²) in [7, 11) is 0. The second-order valence-corrected chi connectivity index (χ2v) is 4.69. The highest BCUT2D eigenvalue weighted by Gasteiger charge is 2.10. The van der Waals surface area contributed by atoms with Gasteiger partial charge in [0.1, 0.15) is 0 Å². The molecule has 0 aliphatic rings. The van der Waals surface area contributed by atoms with Crippen molar-refractivity contribution in [2.45, 2.75) is 12.5 Å². The largest absolute Gasteiger partial charge is 0.322 e. The van der Waals surface area contributed by atoms with E-state index >= 15 is 0 Å². The van der Waals surface area contributed by atoms with Crippen molar-refractivity contribution in [3.63, 3.8) is 0 Å². The molecule has 1 aromatic carbocycles. The van der Waals surface area contributed by atoms with E-state index in [9.17, 15) is 0 Å². The number of pyridine rings is 1. The summed E-state index contributed by atoms with van der Waals surface area (Å²) in [6.07, 6.45) is 6.26. The van der Waals surface area contributed by atoms with Gasteiger partial charge in [-0.3, -0.25) is 4.98 Å². The standard InChI is InChI=1S/C16H16N4/c17-15(12-13-6-9-18-10-7-13)16-8-11-20(19-16)14-4-2-1-3-5-14/h1-11,15H,12,17H2. The van der Waals surface area contributed by atoms with E-state index in [1.807, 2.05) is 59.4 Å². The van der Waals surface area contributed by atoms with Gasteiger partial charge in [-0.25, -0.2) is 4.68 Å². The van der Waals surface area contributed by atoms with Crippen molar-refractivity contribution in [2.75, 3.05) is 0 Å². The molecule has 0 radical (unpaired) electrons. The highest BCUT2D eigenvalue weighted by Crippen LogP contribution is 2.15. The van der Waals surface area contributed by atoms with E-state index < -0.39 is 0 Å². The molecule has 0 aliphatic carbocycles. The highest BCUT2D eigenvalue weighted by atomic mass is 15.3. The van der Waals surface area contributed by atoms with Crippen molar-refractivity contribution in [1.29, 1.82) is 0 Å². The molecule has 0 bridgehead atoms. The van der Waals surface area contributed by atoms with Crippen molar-refractivity contribution in [3.05, 3.63) is 78.4 Å². The van der Waals surface area contributed by atoms with Gasteiger partial charge in [-0.15, -0.1) is 0 Å². The quantitative estimate of drug-likeness (QED) is 0.787. The van der Waals surface area contributed by atoms with Crippen molar-refractivity contribution in [3.8, 4) is 5.69 Å². The molecule has 0 saturated heterocycles. The van der Waals surface area contributed by atoms with Gasteiger partial charge in [-0.05, 0) is 42.3 Å². The Morgan fingerprint density at radius 1 is 1.00 bits per heavy atom. The van der Waals surface area contributed by atoms with E-state index in [4.69, 9.17) is 5.73 Å². The maximum Gasteiger partial charge on any atom is 0.0799 e. The molecule has 100 valence electrons. The van der Waals surface area contributed by atoms with E-state index in [1.54, 1.807) is 12.4 Å². The first-order valence-electron chi connectivity index (χ1n) is 6.58. The number of aromatic nitrogens is 3. The lowest BCUT2D eigenvalue weighted by molar-refractivity contribution is 0.677. The Hall–Kier alpha value is -2.46. The van der Waals surface area contributed by atoms with E-state index in [1.165, 1.54) is 5.56 Å². The van der Waals surface area contributed by atoms with Crippen molar-refractivity contribution in [2.24, 2.45) is 5.73 Å². The molecule has 2 aromatic heterocycles. The Morgan fingerprint density at radius 2 is 1.75 bits per heavy atom. The maximum absolute atomic E-state index is 6.22. The molecule has 1 atom stereocenters. The zero-order chi connectivity index (χ0) is 13.8. The Bertz CT molecular complexity index is 661. The van der Waals surface area contributed by atoms with E-state index in [0.717, 1.165) is 17.8 Å². The molecule has 0 fully saturated rings. The van der Waals surface area contributed by atoms with Gasteiger partial charge in [0.2, 0.25) is 0 Å². The molecule has 0 aliphatic heterocycles. The molecule has 4 heteroatoms. The number of para-hydroxylation sites is 1. The average Bonchev–Trinajstić information content (AvgIpc) is 2.99. The Labute approximate surface area is 117 Å². The van der Waals surface area contributed by atoms with Crippen LogP contribution in [0, 0.1) is 0 Å². The van der Waals surface area contributed by atoms with Gasteiger partial charge in [0.25, 0.3) is 0 Å². The molecule has 0 amide bonds. The maximum atomic E-state index is 6.22. The van der Waals surface area contributed by atoms with Crippen molar-refractivity contribution < 1.29 is 0 Å². The second-order valence-electron chi connectivity index (χ2n) is 4.69. The van der Waals surface area contributed by atoms with Crippen LogP contribution in [0.15, 0.2) is 67.1 Å². The summed E-state index contributed by atoms with van der Waals surface area (Å²) < 4.78 is 1.85. The summed E-state index contributed by atoms with van der Waals surface area (Å²) in [6.45, 7) is 0. The monoisotopic (exact) mass is 264 g/mol. The minimum absolute atomic E-state index is 0.109. The SMILES string of the molecule is NC(Cc1ccncc1)c1ccn(-c2ccccc2)n1. The zero-order valence-corrected chi connectivity index (χ0v) is 11.1. The Kier molecular flexibility index (Phi) is 3.56. The molecule has 3 aromatic rings. The molecule has 4 nitrogen and oxygen atoms in total. The van der Waals surface area contributed by atoms with Crippen LogP contribution < -0.4 is 5.73 Å². The first kappa shape index (κ1) is 12.6. The van der Waals surface area contributed by atoms with Crippen LogP contribution >= 0.6 is 0 Å². The van der Waals surface area contributed by atoms with Crippen LogP contribution in [-0.4, -0.2) is 14.8 Å². The Balaban J connectivity index is 1.77. The summed E-state index contributed by atoms with van der Waals surface area (Å²) in [5, 5.41) is 4.55. The average molecular weight is 264 g/mol. The predicted octanol–water partition coefficient (Wildman–Crippen LogP) is 2.51. The molecular formula is C16H16N4. The Morgan fingerprint density at radius 3 is 2.50 bits per heavy atom. The zero-order valence-electron chi connectivity index (χ0n) is 11.1. The topological polar surface area (TPSA) is 56.7 Å². The van der Waals surface area contributed by atoms with Crippen LogP contribution in [0.4, 0.5) is 0 Å². The van der Waals surface area contributed by atoms with Crippen LogP contribution in [0.5, 0.6) is 0 Å². The van der Waals surface area contributed by atoms with Crippen LogP contribution in [0.1, 0.15) is 17.3 Å². The highest BCUT2D eigenvalue weighted by molar-refractivity contribution is 5.30.